The number of hydrogen-bond acceptors (Lipinski definition) is 4. The van der Waals surface area contributed by atoms with E-state index in [-0.39, 0.29) is 0 Å². The summed E-state index contributed by atoms with van der Waals surface area (Å²) in [5.74, 6) is 2.57. The van der Waals surface area contributed by atoms with Crippen LogP contribution in [-0.2, 0) is 13.6 Å². The molecule has 1 rings (SSSR count). The van der Waals surface area contributed by atoms with Crippen LogP contribution in [0.2, 0.25) is 0 Å². The Morgan fingerprint density at radius 1 is 1.37 bits per heavy atom. The second-order valence-corrected chi connectivity index (χ2v) is 7.30. The molecule has 1 N–H and O–H groups in total. The molecule has 0 aromatic rings. The van der Waals surface area contributed by atoms with Crippen molar-refractivity contribution in [3.8, 4) is 12.3 Å². The zero-order chi connectivity index (χ0) is 14.4. The van der Waals surface area contributed by atoms with Gasteiger partial charge in [-0.1, -0.05) is 12.8 Å². The Morgan fingerprint density at radius 2 is 2.00 bits per heavy atom. The molecule has 0 saturated heterocycles. The predicted octanol–water partition coefficient (Wildman–Crippen LogP) is 3.34. The summed E-state index contributed by atoms with van der Waals surface area (Å²) in [6.07, 6.45) is 8.78. The van der Waals surface area contributed by atoms with Crippen molar-refractivity contribution in [1.29, 1.82) is 0 Å². The molecule has 0 radical (unpaired) electrons. The average Bonchev–Trinajstić information content (AvgIpc) is 2.38. The number of aliphatic hydroxyl groups is 1. The van der Waals surface area contributed by atoms with Crippen LogP contribution in [0.5, 0.6) is 0 Å². The zero-order valence-electron chi connectivity index (χ0n) is 11.9. The van der Waals surface area contributed by atoms with E-state index in [0.717, 1.165) is 12.8 Å². The highest BCUT2D eigenvalue weighted by Crippen LogP contribution is 2.66. The standard InChI is InChI=1S/C14H25O4P/c1-4-7-11-14(12-9-8-10-13(14)15)19(16,17-5-2)18-6-3/h1,13,15H,5-12H2,2-3H3/t13-,14-/m1/s1. The zero-order valence-corrected chi connectivity index (χ0v) is 12.8. The van der Waals surface area contributed by atoms with E-state index in [0.29, 0.717) is 38.9 Å². The molecule has 1 aliphatic carbocycles. The monoisotopic (exact) mass is 288 g/mol. The van der Waals surface area contributed by atoms with E-state index in [1.54, 1.807) is 13.8 Å². The largest absolute Gasteiger partial charge is 0.392 e. The van der Waals surface area contributed by atoms with Gasteiger partial charge in [0.25, 0.3) is 0 Å². The van der Waals surface area contributed by atoms with Crippen LogP contribution in [0.3, 0.4) is 0 Å². The fourth-order valence-corrected chi connectivity index (χ4v) is 5.46. The van der Waals surface area contributed by atoms with Crippen molar-refractivity contribution in [3.05, 3.63) is 0 Å². The molecular weight excluding hydrogens is 263 g/mol. The maximum absolute atomic E-state index is 13.1. The van der Waals surface area contributed by atoms with E-state index >= 15 is 0 Å². The van der Waals surface area contributed by atoms with Gasteiger partial charge in [0, 0.05) is 6.42 Å². The van der Waals surface area contributed by atoms with Crippen LogP contribution in [0, 0.1) is 12.3 Å². The molecule has 19 heavy (non-hydrogen) atoms. The smallest absolute Gasteiger partial charge is 0.339 e. The van der Waals surface area contributed by atoms with Crippen molar-refractivity contribution in [2.75, 3.05) is 13.2 Å². The summed E-state index contributed by atoms with van der Waals surface area (Å²) in [6.45, 7) is 4.19. The molecule has 110 valence electrons. The summed E-state index contributed by atoms with van der Waals surface area (Å²) >= 11 is 0. The van der Waals surface area contributed by atoms with Gasteiger partial charge in [0.2, 0.25) is 0 Å². The summed E-state index contributed by atoms with van der Waals surface area (Å²) in [7, 11) is -3.36. The molecule has 2 atom stereocenters. The van der Waals surface area contributed by atoms with E-state index in [2.05, 4.69) is 5.92 Å². The van der Waals surface area contributed by atoms with Crippen molar-refractivity contribution >= 4 is 7.60 Å². The third-order valence-electron chi connectivity index (χ3n) is 3.80. The normalized spacial score (nSPS) is 28.0. The van der Waals surface area contributed by atoms with Gasteiger partial charge in [0.1, 0.15) is 0 Å². The molecule has 0 unspecified atom stereocenters. The van der Waals surface area contributed by atoms with Gasteiger partial charge in [-0.2, -0.15) is 0 Å². The summed E-state index contributed by atoms with van der Waals surface area (Å²) < 4.78 is 24.1. The first kappa shape index (κ1) is 16.7. The molecule has 1 aliphatic rings. The first-order chi connectivity index (χ1) is 9.06. The molecule has 0 heterocycles. The maximum atomic E-state index is 13.1. The molecule has 0 bridgehead atoms. The van der Waals surface area contributed by atoms with Gasteiger partial charge in [-0.05, 0) is 33.1 Å². The third-order valence-corrected chi connectivity index (χ3v) is 6.84. The molecular formula is C14H25O4P. The topological polar surface area (TPSA) is 55.8 Å². The van der Waals surface area contributed by atoms with E-state index in [4.69, 9.17) is 15.5 Å². The lowest BCUT2D eigenvalue weighted by atomic mass is 9.82. The highest BCUT2D eigenvalue weighted by atomic mass is 31.2. The van der Waals surface area contributed by atoms with Crippen LogP contribution in [0.1, 0.15) is 52.4 Å². The minimum atomic E-state index is -3.36. The number of rotatable bonds is 7. The first-order valence-corrected chi connectivity index (χ1v) is 8.61. The van der Waals surface area contributed by atoms with Gasteiger partial charge in [-0.25, -0.2) is 0 Å². The molecule has 0 spiro atoms. The van der Waals surface area contributed by atoms with E-state index < -0.39 is 18.9 Å². The molecule has 4 nitrogen and oxygen atoms in total. The van der Waals surface area contributed by atoms with Crippen LogP contribution in [0.25, 0.3) is 0 Å². The van der Waals surface area contributed by atoms with E-state index in [1.807, 2.05) is 0 Å². The van der Waals surface area contributed by atoms with E-state index in [9.17, 15) is 9.67 Å². The fourth-order valence-electron chi connectivity index (χ4n) is 2.88. The molecule has 0 amide bonds. The molecule has 1 fully saturated rings. The van der Waals surface area contributed by atoms with Crippen LogP contribution >= 0.6 is 7.60 Å². The Labute approximate surface area is 116 Å². The summed E-state index contributed by atoms with van der Waals surface area (Å²) in [5, 5.41) is 9.60. The number of aliphatic hydroxyl groups excluding tert-OH is 1. The van der Waals surface area contributed by atoms with Gasteiger partial charge in [0.15, 0.2) is 0 Å². The lowest BCUT2D eigenvalue weighted by Gasteiger charge is -2.44. The summed E-state index contributed by atoms with van der Waals surface area (Å²) in [6, 6.07) is 0. The Hall–Kier alpha value is -0.330. The summed E-state index contributed by atoms with van der Waals surface area (Å²) in [5.41, 5.74) is 0. The maximum Gasteiger partial charge on any atom is 0.339 e. The quantitative estimate of drug-likeness (QED) is 0.576. The van der Waals surface area contributed by atoms with Crippen LogP contribution < -0.4 is 0 Å². The third kappa shape index (κ3) is 3.41. The average molecular weight is 288 g/mol. The predicted molar refractivity (Wildman–Crippen MR) is 76.1 cm³/mol. The highest BCUT2D eigenvalue weighted by Gasteiger charge is 2.55. The first-order valence-electron chi connectivity index (χ1n) is 7.07. The van der Waals surface area contributed by atoms with E-state index in [1.165, 1.54) is 0 Å². The van der Waals surface area contributed by atoms with Crippen LogP contribution in [-0.4, -0.2) is 29.6 Å². The second-order valence-electron chi connectivity index (χ2n) is 4.90. The molecule has 0 aromatic carbocycles. The fraction of sp³-hybridized carbons (Fsp3) is 0.857. The Balaban J connectivity index is 3.11. The SMILES string of the molecule is C#CCC[C@@]1(P(=O)(OCC)OCC)CCCC[C@H]1O. The second kappa shape index (κ2) is 7.45. The van der Waals surface area contributed by atoms with Crippen molar-refractivity contribution < 1.29 is 18.7 Å². The van der Waals surface area contributed by atoms with Gasteiger partial charge in [-0.15, -0.1) is 12.3 Å². The Bertz CT molecular complexity index is 353. The minimum absolute atomic E-state index is 0.307. The van der Waals surface area contributed by atoms with Crippen molar-refractivity contribution in [3.63, 3.8) is 0 Å². The molecule has 0 aliphatic heterocycles. The summed E-state index contributed by atoms with van der Waals surface area (Å²) in [4.78, 5) is 0. The number of terminal acetylenes is 1. The Kier molecular flexibility index (Phi) is 6.56. The van der Waals surface area contributed by atoms with Crippen LogP contribution in [0.15, 0.2) is 0 Å². The Morgan fingerprint density at radius 3 is 2.47 bits per heavy atom. The van der Waals surface area contributed by atoms with Crippen molar-refractivity contribution in [1.82, 2.24) is 0 Å². The minimum Gasteiger partial charge on any atom is -0.392 e. The van der Waals surface area contributed by atoms with Crippen LogP contribution in [0.4, 0.5) is 0 Å². The van der Waals surface area contributed by atoms with Gasteiger partial charge >= 0.3 is 7.60 Å². The lowest BCUT2D eigenvalue weighted by Crippen LogP contribution is -2.45. The van der Waals surface area contributed by atoms with Gasteiger partial charge in [0.05, 0.1) is 24.5 Å². The van der Waals surface area contributed by atoms with Gasteiger partial charge < -0.3 is 14.2 Å². The lowest BCUT2D eigenvalue weighted by molar-refractivity contribution is 0.0560. The molecule has 5 heteroatoms. The molecule has 0 aromatic heterocycles. The van der Waals surface area contributed by atoms with Crippen molar-refractivity contribution in [2.24, 2.45) is 0 Å². The number of hydrogen-bond donors (Lipinski definition) is 1. The van der Waals surface area contributed by atoms with Crippen molar-refractivity contribution in [2.45, 2.75) is 63.6 Å². The highest BCUT2D eigenvalue weighted by molar-refractivity contribution is 7.55. The van der Waals surface area contributed by atoms with Gasteiger partial charge in [-0.3, -0.25) is 4.57 Å². The molecule has 1 saturated carbocycles.